The average Bonchev–Trinajstić information content (AvgIpc) is 2.41. The van der Waals surface area contributed by atoms with Crippen molar-refractivity contribution in [2.24, 2.45) is 0 Å². The Hall–Kier alpha value is -2.21. The molecule has 0 aliphatic rings. The molecule has 2 aromatic carbocycles. The molecule has 0 aliphatic heterocycles. The van der Waals surface area contributed by atoms with Gasteiger partial charge in [0.15, 0.2) is 0 Å². The molecule has 2 rings (SSSR count). The van der Waals surface area contributed by atoms with Crippen LogP contribution in [0.25, 0.3) is 0 Å². The Kier molecular flexibility index (Phi) is 4.14. The third-order valence-corrected chi connectivity index (χ3v) is 3.30. The van der Waals surface area contributed by atoms with E-state index in [2.05, 4.69) is 21.2 Å². The maximum Gasteiger partial charge on any atom is 0.274 e. The molecule has 5 nitrogen and oxygen atoms in total. The van der Waals surface area contributed by atoms with Crippen LogP contribution in [0.4, 0.5) is 11.4 Å². The smallest absolute Gasteiger partial charge is 0.274 e. The van der Waals surface area contributed by atoms with Crippen LogP contribution in [-0.4, -0.2) is 10.8 Å². The Labute approximate surface area is 123 Å². The van der Waals surface area contributed by atoms with E-state index in [-0.39, 0.29) is 11.6 Å². The summed E-state index contributed by atoms with van der Waals surface area (Å²) in [6, 6.07) is 11.4. The van der Waals surface area contributed by atoms with Gasteiger partial charge < -0.3 is 5.32 Å². The lowest BCUT2D eigenvalue weighted by atomic mass is 10.1. The molecule has 0 bridgehead atoms. The van der Waals surface area contributed by atoms with Gasteiger partial charge in [-0.15, -0.1) is 0 Å². The number of nitrogens with zero attached hydrogens (tertiary/aromatic N) is 1. The first-order chi connectivity index (χ1) is 9.47. The highest BCUT2D eigenvalue weighted by Gasteiger charge is 2.13. The van der Waals surface area contributed by atoms with E-state index in [1.54, 1.807) is 43.3 Å². The van der Waals surface area contributed by atoms with E-state index in [0.29, 0.717) is 16.8 Å². The predicted molar refractivity (Wildman–Crippen MR) is 79.9 cm³/mol. The molecule has 0 unspecified atom stereocenters. The van der Waals surface area contributed by atoms with Gasteiger partial charge in [-0.05, 0) is 37.3 Å². The number of nitro groups is 1. The number of carbonyl (C=O) groups excluding carboxylic acids is 1. The van der Waals surface area contributed by atoms with Crippen molar-refractivity contribution in [3.05, 3.63) is 68.2 Å². The molecular formula is C14H11BrN2O3. The molecule has 0 radical (unpaired) electrons. The fourth-order valence-electron chi connectivity index (χ4n) is 1.69. The Morgan fingerprint density at radius 3 is 2.45 bits per heavy atom. The number of carbonyl (C=O) groups is 1. The van der Waals surface area contributed by atoms with Gasteiger partial charge in [0, 0.05) is 27.4 Å². The second-order valence-electron chi connectivity index (χ2n) is 4.22. The topological polar surface area (TPSA) is 72.2 Å². The molecule has 102 valence electrons. The van der Waals surface area contributed by atoms with Crippen molar-refractivity contribution >= 4 is 33.2 Å². The Bertz CT molecular complexity index is 669. The first-order valence-electron chi connectivity index (χ1n) is 5.79. The maximum atomic E-state index is 12.0. The van der Waals surface area contributed by atoms with E-state index >= 15 is 0 Å². The average molecular weight is 335 g/mol. The van der Waals surface area contributed by atoms with E-state index in [9.17, 15) is 14.9 Å². The third kappa shape index (κ3) is 3.21. The highest BCUT2D eigenvalue weighted by Crippen LogP contribution is 2.22. The van der Waals surface area contributed by atoms with Crippen LogP contribution >= 0.6 is 15.9 Å². The zero-order valence-corrected chi connectivity index (χ0v) is 12.2. The number of nitro benzene ring substituents is 1. The van der Waals surface area contributed by atoms with Gasteiger partial charge in [-0.2, -0.15) is 0 Å². The maximum absolute atomic E-state index is 12.0. The normalized spacial score (nSPS) is 10.1. The molecule has 1 N–H and O–H groups in total. The van der Waals surface area contributed by atoms with Crippen LogP contribution in [0.1, 0.15) is 15.9 Å². The summed E-state index contributed by atoms with van der Waals surface area (Å²) < 4.78 is 0.875. The predicted octanol–water partition coefficient (Wildman–Crippen LogP) is 3.92. The number of hydrogen-bond donors (Lipinski definition) is 1. The van der Waals surface area contributed by atoms with Crippen molar-refractivity contribution < 1.29 is 9.72 Å². The van der Waals surface area contributed by atoms with E-state index in [1.807, 2.05) is 0 Å². The molecule has 0 heterocycles. The summed E-state index contributed by atoms with van der Waals surface area (Å²) in [5.74, 6) is -0.310. The van der Waals surface area contributed by atoms with Crippen molar-refractivity contribution in [2.75, 3.05) is 5.32 Å². The summed E-state index contributed by atoms with van der Waals surface area (Å²) in [4.78, 5) is 22.4. The fourth-order valence-corrected chi connectivity index (χ4v) is 1.95. The van der Waals surface area contributed by atoms with Crippen LogP contribution < -0.4 is 5.32 Å². The van der Waals surface area contributed by atoms with Crippen LogP contribution in [-0.2, 0) is 0 Å². The number of benzene rings is 2. The van der Waals surface area contributed by atoms with Crippen molar-refractivity contribution in [3.8, 4) is 0 Å². The molecule has 0 aliphatic carbocycles. The minimum absolute atomic E-state index is 0.0152. The molecule has 6 heteroatoms. The van der Waals surface area contributed by atoms with Gasteiger partial charge >= 0.3 is 0 Å². The fraction of sp³-hybridized carbons (Fsp3) is 0.0714. The summed E-state index contributed by atoms with van der Waals surface area (Å²) in [6.07, 6.45) is 0. The molecule has 2 aromatic rings. The summed E-state index contributed by atoms with van der Waals surface area (Å²) >= 11 is 3.29. The van der Waals surface area contributed by atoms with Gasteiger partial charge in [-0.1, -0.05) is 22.0 Å². The zero-order valence-electron chi connectivity index (χ0n) is 10.6. The van der Waals surface area contributed by atoms with E-state index < -0.39 is 4.92 Å². The van der Waals surface area contributed by atoms with Crippen molar-refractivity contribution in [1.29, 1.82) is 0 Å². The number of nitrogens with one attached hydrogen (secondary N) is 1. The molecule has 20 heavy (non-hydrogen) atoms. The highest BCUT2D eigenvalue weighted by atomic mass is 79.9. The Morgan fingerprint density at radius 1 is 1.20 bits per heavy atom. The minimum Gasteiger partial charge on any atom is -0.322 e. The second kappa shape index (κ2) is 5.83. The lowest BCUT2D eigenvalue weighted by Crippen LogP contribution is -2.11. The van der Waals surface area contributed by atoms with Crippen LogP contribution in [0.2, 0.25) is 0 Å². The monoisotopic (exact) mass is 334 g/mol. The molecule has 0 saturated heterocycles. The lowest BCUT2D eigenvalue weighted by Gasteiger charge is -2.06. The molecular weight excluding hydrogens is 324 g/mol. The third-order valence-electron chi connectivity index (χ3n) is 2.77. The molecule has 0 spiro atoms. The SMILES string of the molecule is Cc1ccc(NC(=O)c2ccc(Br)cc2)cc1[N+](=O)[O-]. The van der Waals surface area contributed by atoms with Gasteiger partial charge in [-0.3, -0.25) is 14.9 Å². The van der Waals surface area contributed by atoms with Crippen molar-refractivity contribution in [3.63, 3.8) is 0 Å². The Balaban J connectivity index is 2.21. The second-order valence-corrected chi connectivity index (χ2v) is 5.14. The number of amides is 1. The van der Waals surface area contributed by atoms with Crippen molar-refractivity contribution in [2.45, 2.75) is 6.92 Å². The minimum atomic E-state index is -0.468. The van der Waals surface area contributed by atoms with Gasteiger partial charge in [0.25, 0.3) is 11.6 Å². The first kappa shape index (κ1) is 14.2. The zero-order chi connectivity index (χ0) is 14.7. The summed E-state index contributed by atoms with van der Waals surface area (Å²) in [6.45, 7) is 1.65. The van der Waals surface area contributed by atoms with Crippen molar-refractivity contribution in [1.82, 2.24) is 0 Å². The molecule has 1 amide bonds. The number of hydrogen-bond acceptors (Lipinski definition) is 3. The van der Waals surface area contributed by atoms with E-state index in [1.165, 1.54) is 6.07 Å². The quantitative estimate of drug-likeness (QED) is 0.683. The van der Waals surface area contributed by atoms with E-state index in [4.69, 9.17) is 0 Å². The summed E-state index contributed by atoms with van der Waals surface area (Å²) in [5.41, 5.74) is 1.42. The first-order valence-corrected chi connectivity index (χ1v) is 6.58. The van der Waals surface area contributed by atoms with Crippen LogP contribution in [0, 0.1) is 17.0 Å². The van der Waals surface area contributed by atoms with Gasteiger partial charge in [0.1, 0.15) is 0 Å². The summed E-state index contributed by atoms with van der Waals surface area (Å²) in [5, 5.41) is 13.5. The Morgan fingerprint density at radius 2 is 1.85 bits per heavy atom. The number of aryl methyl sites for hydroxylation is 1. The largest absolute Gasteiger partial charge is 0.322 e. The van der Waals surface area contributed by atoms with E-state index in [0.717, 1.165) is 4.47 Å². The molecule has 0 saturated carbocycles. The molecule has 0 aromatic heterocycles. The molecule has 0 fully saturated rings. The van der Waals surface area contributed by atoms with Gasteiger partial charge in [0.05, 0.1) is 4.92 Å². The standard InChI is InChI=1S/C14H11BrN2O3/c1-9-2-7-12(8-13(9)17(19)20)16-14(18)10-3-5-11(15)6-4-10/h2-8H,1H3,(H,16,18). The summed E-state index contributed by atoms with van der Waals surface area (Å²) in [7, 11) is 0. The lowest BCUT2D eigenvalue weighted by molar-refractivity contribution is -0.385. The number of anilines is 1. The molecule has 0 atom stereocenters. The number of halogens is 1. The van der Waals surface area contributed by atoms with Crippen LogP contribution in [0.5, 0.6) is 0 Å². The number of rotatable bonds is 3. The highest BCUT2D eigenvalue weighted by molar-refractivity contribution is 9.10. The van der Waals surface area contributed by atoms with Crippen LogP contribution in [0.3, 0.4) is 0 Å². The van der Waals surface area contributed by atoms with Gasteiger partial charge in [0.2, 0.25) is 0 Å². The van der Waals surface area contributed by atoms with Gasteiger partial charge in [-0.25, -0.2) is 0 Å². The van der Waals surface area contributed by atoms with Crippen LogP contribution in [0.15, 0.2) is 46.9 Å².